The molecule has 4 atom stereocenters. The van der Waals surface area contributed by atoms with Gasteiger partial charge in [-0.1, -0.05) is 11.6 Å². The third-order valence-corrected chi connectivity index (χ3v) is 10.1. The molecule has 2 aromatic rings. The van der Waals surface area contributed by atoms with Gasteiger partial charge in [0.1, 0.15) is 6.54 Å². The van der Waals surface area contributed by atoms with Gasteiger partial charge in [0.25, 0.3) is 5.91 Å². The maximum atomic E-state index is 13.6. The highest BCUT2D eigenvalue weighted by Crippen LogP contribution is 2.53. The molecule has 9 nitrogen and oxygen atoms in total. The zero-order valence-corrected chi connectivity index (χ0v) is 21.8. The Labute approximate surface area is 226 Å². The molecule has 39 heavy (non-hydrogen) atoms. The Bertz CT molecular complexity index is 1420. The van der Waals surface area contributed by atoms with Crippen LogP contribution < -0.4 is 10.6 Å². The first-order valence-corrected chi connectivity index (χ1v) is 13.8. The standard InChI is InChI=1S/C25H24ClF3N2O7S/c26-17-4-1-12(24(35)31-15-8-18(27)23(29)19(28)9-15)5-20(17)39(37,38)16-6-13-2-3-14(7-16)25(13,36)10-21(32)30-11-22(33)34/h1,4-5,8-9,13-14,16,36H,2-3,6-7,10-11H2,(H,30,32)(H,31,35)(H,33,34)/t13-,14?,16?,25?/m0/s1. The summed E-state index contributed by atoms with van der Waals surface area (Å²) in [5.41, 5.74) is -2.06. The summed E-state index contributed by atoms with van der Waals surface area (Å²) in [5, 5.41) is 23.3. The average Bonchev–Trinajstić information content (AvgIpc) is 3.01. The largest absolute Gasteiger partial charge is 0.480 e. The molecule has 0 aromatic heterocycles. The van der Waals surface area contributed by atoms with Crippen LogP contribution in [0.15, 0.2) is 35.2 Å². The number of nitrogens with one attached hydrogen (secondary N) is 2. The van der Waals surface area contributed by atoms with Crippen LogP contribution in [0.25, 0.3) is 0 Å². The molecular weight excluding hydrogens is 565 g/mol. The van der Waals surface area contributed by atoms with E-state index in [1.807, 2.05) is 0 Å². The molecule has 4 N–H and O–H groups in total. The molecule has 0 spiro atoms. The summed E-state index contributed by atoms with van der Waals surface area (Å²) in [5.74, 6) is -8.63. The maximum Gasteiger partial charge on any atom is 0.322 e. The van der Waals surface area contributed by atoms with Crippen molar-refractivity contribution >= 4 is 44.9 Å². The number of halogens is 4. The SMILES string of the molecule is O=C(O)CNC(=O)CC1(O)C2CC[C@H]1CC(S(=O)(=O)c1cc(C(=O)Nc3cc(F)c(F)c(F)c3)ccc1Cl)C2. The Hall–Kier alpha value is -3.16. The number of sulfone groups is 1. The van der Waals surface area contributed by atoms with Crippen LogP contribution in [0.3, 0.4) is 0 Å². The number of amides is 2. The number of benzene rings is 2. The van der Waals surface area contributed by atoms with E-state index in [4.69, 9.17) is 16.7 Å². The van der Waals surface area contributed by atoms with Gasteiger partial charge in [-0.2, -0.15) is 0 Å². The minimum absolute atomic E-state index is 0.0163. The van der Waals surface area contributed by atoms with E-state index in [-0.39, 0.29) is 40.4 Å². The highest BCUT2D eigenvalue weighted by atomic mass is 35.5. The topological polar surface area (TPSA) is 150 Å². The van der Waals surface area contributed by atoms with Gasteiger partial charge in [-0.15, -0.1) is 0 Å². The van der Waals surface area contributed by atoms with Crippen molar-refractivity contribution in [2.24, 2.45) is 11.8 Å². The van der Waals surface area contributed by atoms with Crippen LogP contribution in [-0.2, 0) is 19.4 Å². The number of carboxylic acid groups (broad SMARTS) is 1. The summed E-state index contributed by atoms with van der Waals surface area (Å²) in [4.78, 5) is 35.3. The van der Waals surface area contributed by atoms with E-state index in [1.165, 1.54) is 12.1 Å². The fourth-order valence-corrected chi connectivity index (χ4v) is 7.92. The van der Waals surface area contributed by atoms with Crippen LogP contribution in [0.5, 0.6) is 0 Å². The van der Waals surface area contributed by atoms with E-state index in [1.54, 1.807) is 0 Å². The Morgan fingerprint density at radius 3 is 2.18 bits per heavy atom. The fourth-order valence-electron chi connectivity index (χ4n) is 5.52. The molecule has 2 aliphatic rings. The predicted octanol–water partition coefficient (Wildman–Crippen LogP) is 3.29. The number of aliphatic carboxylic acids is 1. The van der Waals surface area contributed by atoms with Crippen molar-refractivity contribution < 1.29 is 46.2 Å². The van der Waals surface area contributed by atoms with E-state index in [0.29, 0.717) is 25.0 Å². The van der Waals surface area contributed by atoms with Crippen molar-refractivity contribution in [2.75, 3.05) is 11.9 Å². The maximum absolute atomic E-state index is 13.6. The van der Waals surface area contributed by atoms with Crippen molar-refractivity contribution in [3.63, 3.8) is 0 Å². The number of carbonyl (C=O) groups is 3. The van der Waals surface area contributed by atoms with Crippen LogP contribution in [0.1, 0.15) is 42.5 Å². The molecule has 0 heterocycles. The van der Waals surface area contributed by atoms with Gasteiger partial charge in [-0.3, -0.25) is 14.4 Å². The Kier molecular flexibility index (Phi) is 7.97. The van der Waals surface area contributed by atoms with Crippen LogP contribution in [0, 0.1) is 29.3 Å². The third-order valence-electron chi connectivity index (χ3n) is 7.43. The summed E-state index contributed by atoms with van der Waals surface area (Å²) >= 11 is 6.20. The number of fused-ring (bicyclic) bond motifs is 2. The molecule has 2 saturated carbocycles. The number of carbonyl (C=O) groups excluding carboxylic acids is 2. The van der Waals surface area contributed by atoms with E-state index >= 15 is 0 Å². The summed E-state index contributed by atoms with van der Waals surface area (Å²) < 4.78 is 67.5. The normalized spacial score (nSPS) is 24.3. The smallest absolute Gasteiger partial charge is 0.322 e. The molecule has 2 amide bonds. The first-order chi connectivity index (χ1) is 18.2. The average molecular weight is 589 g/mol. The molecule has 0 aliphatic heterocycles. The molecule has 2 fully saturated rings. The van der Waals surface area contributed by atoms with Crippen molar-refractivity contribution in [3.8, 4) is 0 Å². The first kappa shape index (κ1) is 28.8. The van der Waals surface area contributed by atoms with E-state index < -0.39 is 74.3 Å². The van der Waals surface area contributed by atoms with Crippen LogP contribution in [0.2, 0.25) is 5.02 Å². The quantitative estimate of drug-likeness (QED) is 0.346. The van der Waals surface area contributed by atoms with Crippen molar-refractivity contribution in [1.29, 1.82) is 0 Å². The Morgan fingerprint density at radius 1 is 1.03 bits per heavy atom. The van der Waals surface area contributed by atoms with Gasteiger partial charge in [-0.25, -0.2) is 21.6 Å². The molecule has 0 radical (unpaired) electrons. The van der Waals surface area contributed by atoms with Gasteiger partial charge in [0.15, 0.2) is 27.3 Å². The molecule has 2 aliphatic carbocycles. The fraction of sp³-hybridized carbons (Fsp3) is 0.400. The zero-order valence-electron chi connectivity index (χ0n) is 20.2. The number of hydrogen-bond donors (Lipinski definition) is 4. The van der Waals surface area contributed by atoms with E-state index in [9.17, 15) is 41.1 Å². The summed E-state index contributed by atoms with van der Waals surface area (Å²) in [6, 6.07) is 4.59. The van der Waals surface area contributed by atoms with Gasteiger partial charge in [0.2, 0.25) is 5.91 Å². The Balaban J connectivity index is 1.53. The highest BCUT2D eigenvalue weighted by molar-refractivity contribution is 7.92. The predicted molar refractivity (Wildman–Crippen MR) is 132 cm³/mol. The number of hydrogen-bond acceptors (Lipinski definition) is 6. The lowest BCUT2D eigenvalue weighted by molar-refractivity contribution is -0.140. The first-order valence-electron chi connectivity index (χ1n) is 11.9. The summed E-state index contributed by atoms with van der Waals surface area (Å²) in [6.45, 7) is -0.602. The van der Waals surface area contributed by atoms with Crippen LogP contribution in [0.4, 0.5) is 18.9 Å². The lowest BCUT2D eigenvalue weighted by Crippen LogP contribution is -2.51. The van der Waals surface area contributed by atoms with E-state index in [0.717, 1.165) is 6.07 Å². The van der Waals surface area contributed by atoms with Gasteiger partial charge < -0.3 is 20.8 Å². The molecule has 210 valence electrons. The number of rotatable bonds is 8. The van der Waals surface area contributed by atoms with E-state index in [2.05, 4.69) is 10.6 Å². The third kappa shape index (κ3) is 5.75. The number of anilines is 1. The minimum atomic E-state index is -4.14. The van der Waals surface area contributed by atoms with Gasteiger partial charge in [0, 0.05) is 23.4 Å². The lowest BCUT2D eigenvalue weighted by atomic mass is 9.72. The lowest BCUT2D eigenvalue weighted by Gasteiger charge is -2.42. The monoisotopic (exact) mass is 588 g/mol. The molecule has 4 rings (SSSR count). The second kappa shape index (κ2) is 10.8. The molecule has 3 unspecified atom stereocenters. The molecule has 14 heteroatoms. The Morgan fingerprint density at radius 2 is 1.62 bits per heavy atom. The van der Waals surface area contributed by atoms with Crippen LogP contribution >= 0.6 is 11.6 Å². The van der Waals surface area contributed by atoms with Gasteiger partial charge >= 0.3 is 5.97 Å². The summed E-state index contributed by atoms with van der Waals surface area (Å²) in [6.07, 6.45) is 0.620. The zero-order chi connectivity index (χ0) is 28.7. The molecular formula is C25H24ClF3N2O7S. The van der Waals surface area contributed by atoms with Gasteiger partial charge in [0.05, 0.1) is 27.2 Å². The molecule has 0 saturated heterocycles. The number of carboxylic acids is 1. The van der Waals surface area contributed by atoms with Crippen molar-refractivity contribution in [3.05, 3.63) is 58.4 Å². The molecule has 2 aromatic carbocycles. The number of aliphatic hydroxyl groups is 1. The second-order valence-electron chi connectivity index (χ2n) is 9.80. The minimum Gasteiger partial charge on any atom is -0.480 e. The summed E-state index contributed by atoms with van der Waals surface area (Å²) in [7, 11) is -4.14. The van der Waals surface area contributed by atoms with Gasteiger partial charge in [-0.05, 0) is 55.7 Å². The van der Waals surface area contributed by atoms with Crippen LogP contribution in [-0.4, -0.2) is 53.8 Å². The van der Waals surface area contributed by atoms with Crippen molar-refractivity contribution in [2.45, 2.75) is 47.9 Å². The molecule has 2 bridgehead atoms. The second-order valence-corrected chi connectivity index (χ2v) is 12.4. The van der Waals surface area contributed by atoms with Crippen molar-refractivity contribution in [1.82, 2.24) is 5.32 Å². The highest BCUT2D eigenvalue weighted by Gasteiger charge is 2.56.